The molecule has 0 atom stereocenters. The highest BCUT2D eigenvalue weighted by atomic mass is 16.5. The number of aromatic nitrogens is 1. The standard InChI is InChI=1S/C17H14N2O2/c1-21-13-9-7-12(8-10-13)19-17(20)15-4-2-6-16-14(15)5-3-11-18-16/h2-11H,1H3,(H,19,20). The molecule has 0 unspecified atom stereocenters. The molecule has 1 amide bonds. The van der Waals surface area contributed by atoms with Gasteiger partial charge >= 0.3 is 0 Å². The fourth-order valence-corrected chi connectivity index (χ4v) is 2.17. The number of benzene rings is 2. The van der Waals surface area contributed by atoms with Crippen molar-refractivity contribution in [3.63, 3.8) is 0 Å². The van der Waals surface area contributed by atoms with E-state index in [-0.39, 0.29) is 5.91 Å². The second kappa shape index (κ2) is 5.63. The van der Waals surface area contributed by atoms with Gasteiger partial charge in [-0.15, -0.1) is 0 Å². The van der Waals surface area contributed by atoms with Crippen molar-refractivity contribution >= 4 is 22.5 Å². The molecule has 21 heavy (non-hydrogen) atoms. The van der Waals surface area contributed by atoms with E-state index in [0.717, 1.165) is 22.3 Å². The average Bonchev–Trinajstić information content (AvgIpc) is 2.55. The van der Waals surface area contributed by atoms with Crippen molar-refractivity contribution in [1.82, 2.24) is 4.98 Å². The lowest BCUT2D eigenvalue weighted by Crippen LogP contribution is -2.12. The minimum Gasteiger partial charge on any atom is -0.497 e. The van der Waals surface area contributed by atoms with Crippen molar-refractivity contribution in [2.24, 2.45) is 0 Å². The van der Waals surface area contributed by atoms with E-state index in [0.29, 0.717) is 5.56 Å². The molecule has 0 saturated heterocycles. The molecule has 1 N–H and O–H groups in total. The predicted octanol–water partition coefficient (Wildman–Crippen LogP) is 3.50. The summed E-state index contributed by atoms with van der Waals surface area (Å²) in [6.07, 6.45) is 1.72. The van der Waals surface area contributed by atoms with Crippen LogP contribution in [0.3, 0.4) is 0 Å². The van der Waals surface area contributed by atoms with Crippen LogP contribution >= 0.6 is 0 Å². The molecule has 0 spiro atoms. The summed E-state index contributed by atoms with van der Waals surface area (Å²) in [4.78, 5) is 16.7. The number of anilines is 1. The minimum atomic E-state index is -0.154. The third-order valence-electron chi connectivity index (χ3n) is 3.24. The highest BCUT2D eigenvalue weighted by molar-refractivity contribution is 6.12. The summed E-state index contributed by atoms with van der Waals surface area (Å²) in [6, 6.07) is 16.5. The van der Waals surface area contributed by atoms with E-state index >= 15 is 0 Å². The van der Waals surface area contributed by atoms with Crippen molar-refractivity contribution in [2.45, 2.75) is 0 Å². The van der Waals surface area contributed by atoms with E-state index in [1.807, 2.05) is 24.3 Å². The Kier molecular flexibility index (Phi) is 3.51. The lowest BCUT2D eigenvalue weighted by Gasteiger charge is -2.08. The van der Waals surface area contributed by atoms with E-state index in [9.17, 15) is 4.79 Å². The number of carbonyl (C=O) groups is 1. The molecule has 0 aliphatic heterocycles. The van der Waals surface area contributed by atoms with Gasteiger partial charge in [0.1, 0.15) is 5.75 Å². The molecule has 3 aromatic rings. The molecule has 104 valence electrons. The monoisotopic (exact) mass is 278 g/mol. The second-order valence-electron chi connectivity index (χ2n) is 4.56. The Morgan fingerprint density at radius 3 is 2.62 bits per heavy atom. The Morgan fingerprint density at radius 1 is 1.05 bits per heavy atom. The van der Waals surface area contributed by atoms with Crippen molar-refractivity contribution in [2.75, 3.05) is 12.4 Å². The molecule has 4 nitrogen and oxygen atoms in total. The summed E-state index contributed by atoms with van der Waals surface area (Å²) in [5.74, 6) is 0.598. The first kappa shape index (κ1) is 13.1. The van der Waals surface area contributed by atoms with Crippen LogP contribution in [-0.2, 0) is 0 Å². The van der Waals surface area contributed by atoms with Crippen LogP contribution in [0, 0.1) is 0 Å². The van der Waals surface area contributed by atoms with Gasteiger partial charge in [0, 0.05) is 22.8 Å². The van der Waals surface area contributed by atoms with Crippen molar-refractivity contribution < 1.29 is 9.53 Å². The van der Waals surface area contributed by atoms with Crippen LogP contribution in [0.15, 0.2) is 60.8 Å². The molecule has 0 aliphatic rings. The zero-order valence-electron chi connectivity index (χ0n) is 11.5. The number of ether oxygens (including phenoxy) is 1. The summed E-state index contributed by atoms with van der Waals surface area (Å²) >= 11 is 0. The molecule has 0 fully saturated rings. The number of hydrogen-bond donors (Lipinski definition) is 1. The first-order chi connectivity index (χ1) is 10.3. The SMILES string of the molecule is COc1ccc(NC(=O)c2cccc3ncccc23)cc1. The molecule has 0 radical (unpaired) electrons. The van der Waals surface area contributed by atoms with E-state index in [1.54, 1.807) is 43.6 Å². The number of rotatable bonds is 3. The van der Waals surface area contributed by atoms with Gasteiger partial charge in [0.2, 0.25) is 0 Å². The number of methoxy groups -OCH3 is 1. The number of fused-ring (bicyclic) bond motifs is 1. The van der Waals surface area contributed by atoms with Crippen LogP contribution < -0.4 is 10.1 Å². The zero-order chi connectivity index (χ0) is 14.7. The molecule has 1 heterocycles. The third-order valence-corrected chi connectivity index (χ3v) is 3.24. The second-order valence-corrected chi connectivity index (χ2v) is 4.56. The predicted molar refractivity (Wildman–Crippen MR) is 82.7 cm³/mol. The van der Waals surface area contributed by atoms with E-state index < -0.39 is 0 Å². The molecule has 1 aromatic heterocycles. The molecule has 4 heteroatoms. The largest absolute Gasteiger partial charge is 0.497 e. The van der Waals surface area contributed by atoms with Crippen LogP contribution in [0.25, 0.3) is 10.9 Å². The highest BCUT2D eigenvalue weighted by Gasteiger charge is 2.10. The Morgan fingerprint density at radius 2 is 1.86 bits per heavy atom. The van der Waals surface area contributed by atoms with Gasteiger partial charge in [-0.2, -0.15) is 0 Å². The number of nitrogens with zero attached hydrogens (tertiary/aromatic N) is 1. The van der Waals surface area contributed by atoms with E-state index in [2.05, 4.69) is 10.3 Å². The van der Waals surface area contributed by atoms with E-state index in [1.165, 1.54) is 0 Å². The normalized spacial score (nSPS) is 10.3. The van der Waals surface area contributed by atoms with Crippen LogP contribution in [0.1, 0.15) is 10.4 Å². The lowest BCUT2D eigenvalue weighted by atomic mass is 10.1. The molecule has 3 rings (SSSR count). The van der Waals surface area contributed by atoms with Crippen LogP contribution in [0.2, 0.25) is 0 Å². The fraction of sp³-hybridized carbons (Fsp3) is 0.0588. The van der Waals surface area contributed by atoms with Gasteiger partial charge < -0.3 is 10.1 Å². The molecular formula is C17H14N2O2. The van der Waals surface area contributed by atoms with Crippen LogP contribution in [0.5, 0.6) is 5.75 Å². The Labute approximate surface area is 122 Å². The minimum absolute atomic E-state index is 0.154. The topological polar surface area (TPSA) is 51.2 Å². The van der Waals surface area contributed by atoms with Gasteiger partial charge in [0.25, 0.3) is 5.91 Å². The first-order valence-corrected chi connectivity index (χ1v) is 6.57. The molecule has 0 aliphatic carbocycles. The Hall–Kier alpha value is -2.88. The van der Waals surface area contributed by atoms with Gasteiger partial charge in [-0.05, 0) is 42.5 Å². The van der Waals surface area contributed by atoms with Crippen LogP contribution in [0.4, 0.5) is 5.69 Å². The van der Waals surface area contributed by atoms with Crippen molar-refractivity contribution in [3.8, 4) is 5.75 Å². The summed E-state index contributed by atoms with van der Waals surface area (Å²) in [7, 11) is 1.61. The summed E-state index contributed by atoms with van der Waals surface area (Å²) in [5, 5.41) is 3.72. The maximum Gasteiger partial charge on any atom is 0.256 e. The quantitative estimate of drug-likeness (QED) is 0.797. The van der Waals surface area contributed by atoms with Gasteiger partial charge in [0.15, 0.2) is 0 Å². The maximum absolute atomic E-state index is 12.4. The van der Waals surface area contributed by atoms with Gasteiger partial charge in [-0.25, -0.2) is 0 Å². The number of pyridine rings is 1. The molecule has 2 aromatic carbocycles. The van der Waals surface area contributed by atoms with E-state index in [4.69, 9.17) is 4.74 Å². The highest BCUT2D eigenvalue weighted by Crippen LogP contribution is 2.19. The molecule has 0 bridgehead atoms. The summed E-state index contributed by atoms with van der Waals surface area (Å²) < 4.78 is 5.10. The maximum atomic E-state index is 12.4. The third kappa shape index (κ3) is 2.69. The zero-order valence-corrected chi connectivity index (χ0v) is 11.5. The Bertz CT molecular complexity index is 777. The van der Waals surface area contributed by atoms with Crippen molar-refractivity contribution in [3.05, 3.63) is 66.4 Å². The molecular weight excluding hydrogens is 264 g/mol. The lowest BCUT2D eigenvalue weighted by molar-refractivity contribution is 0.102. The number of carbonyl (C=O) groups excluding carboxylic acids is 1. The number of nitrogens with one attached hydrogen (secondary N) is 1. The van der Waals surface area contributed by atoms with Gasteiger partial charge in [0.05, 0.1) is 12.6 Å². The fourth-order valence-electron chi connectivity index (χ4n) is 2.17. The smallest absolute Gasteiger partial charge is 0.256 e. The number of amides is 1. The molecule has 0 saturated carbocycles. The number of hydrogen-bond acceptors (Lipinski definition) is 3. The van der Waals surface area contributed by atoms with Crippen molar-refractivity contribution in [1.29, 1.82) is 0 Å². The first-order valence-electron chi connectivity index (χ1n) is 6.57. The van der Waals surface area contributed by atoms with Crippen LogP contribution in [-0.4, -0.2) is 18.0 Å². The van der Waals surface area contributed by atoms with Gasteiger partial charge in [-0.1, -0.05) is 12.1 Å². The Balaban J connectivity index is 1.90. The average molecular weight is 278 g/mol. The summed E-state index contributed by atoms with van der Waals surface area (Å²) in [6.45, 7) is 0. The summed E-state index contributed by atoms with van der Waals surface area (Å²) in [5.41, 5.74) is 2.14. The van der Waals surface area contributed by atoms with Gasteiger partial charge in [-0.3, -0.25) is 9.78 Å².